The Hall–Kier alpha value is -2.32. The Morgan fingerprint density at radius 3 is 2.86 bits per heavy atom. The summed E-state index contributed by atoms with van der Waals surface area (Å²) in [4.78, 5) is 34.5. The topological polar surface area (TPSA) is 83.9 Å². The van der Waals surface area contributed by atoms with Crippen molar-refractivity contribution >= 4 is 40.3 Å². The van der Waals surface area contributed by atoms with Gasteiger partial charge in [-0.15, -0.1) is 0 Å². The monoisotopic (exact) mass is 431 g/mol. The van der Waals surface area contributed by atoms with Gasteiger partial charge in [0.1, 0.15) is 5.39 Å². The Morgan fingerprint density at radius 2 is 2.10 bits per heavy atom. The number of thioether (sulfide) groups is 1. The van der Waals surface area contributed by atoms with Crippen LogP contribution in [0, 0.1) is 0 Å². The molecule has 0 aliphatic carbocycles. The predicted molar refractivity (Wildman–Crippen MR) is 115 cm³/mol. The SMILES string of the molecule is CCC1CCCCN1C(=O)CSc1nc2c(cnn2-c2ccc(Cl)cc2)c(=O)[nH]1. The number of nitrogens with one attached hydrogen (secondary N) is 1. The summed E-state index contributed by atoms with van der Waals surface area (Å²) in [6, 6.07) is 7.46. The van der Waals surface area contributed by atoms with Gasteiger partial charge in [-0.2, -0.15) is 5.10 Å². The first-order valence-electron chi connectivity index (χ1n) is 9.73. The summed E-state index contributed by atoms with van der Waals surface area (Å²) in [5.74, 6) is 0.343. The van der Waals surface area contributed by atoms with Crippen LogP contribution in [0.3, 0.4) is 0 Å². The molecule has 0 saturated carbocycles. The first kappa shape index (κ1) is 20.0. The van der Waals surface area contributed by atoms with Crippen molar-refractivity contribution in [3.8, 4) is 5.69 Å². The zero-order chi connectivity index (χ0) is 20.4. The van der Waals surface area contributed by atoms with Gasteiger partial charge >= 0.3 is 0 Å². The number of benzene rings is 1. The lowest BCUT2D eigenvalue weighted by Gasteiger charge is -2.35. The lowest BCUT2D eigenvalue weighted by atomic mass is 10.0. The minimum atomic E-state index is -0.269. The Balaban J connectivity index is 1.56. The number of carbonyl (C=O) groups is 1. The number of aromatic amines is 1. The Kier molecular flexibility index (Phi) is 5.91. The van der Waals surface area contributed by atoms with E-state index in [0.717, 1.165) is 31.5 Å². The smallest absolute Gasteiger partial charge is 0.262 e. The van der Waals surface area contributed by atoms with E-state index in [1.807, 2.05) is 17.0 Å². The van der Waals surface area contributed by atoms with Crippen LogP contribution in [-0.2, 0) is 4.79 Å². The van der Waals surface area contributed by atoms with Crippen LogP contribution in [-0.4, -0.2) is 48.9 Å². The average Bonchev–Trinajstić information content (AvgIpc) is 3.17. The maximum atomic E-state index is 12.7. The van der Waals surface area contributed by atoms with Crippen LogP contribution in [0.4, 0.5) is 0 Å². The quantitative estimate of drug-likeness (QED) is 0.492. The molecule has 3 aromatic rings. The predicted octanol–water partition coefficient (Wildman–Crippen LogP) is 3.65. The van der Waals surface area contributed by atoms with Crippen molar-refractivity contribution in [2.24, 2.45) is 0 Å². The standard InChI is InChI=1S/C20H22ClN5O2S/c1-2-14-5-3-4-10-25(14)17(27)12-29-20-23-18-16(19(28)24-20)11-22-26(18)15-8-6-13(21)7-9-15/h6-9,11,14H,2-5,10,12H2,1H3,(H,23,24,28). The number of hydrogen-bond donors (Lipinski definition) is 1. The molecule has 1 aliphatic heterocycles. The van der Waals surface area contributed by atoms with Crippen LogP contribution in [0.5, 0.6) is 0 Å². The van der Waals surface area contributed by atoms with E-state index >= 15 is 0 Å². The fourth-order valence-corrected chi connectivity index (χ4v) is 4.57. The highest BCUT2D eigenvalue weighted by atomic mass is 35.5. The first-order chi connectivity index (χ1) is 14.1. The minimum Gasteiger partial charge on any atom is -0.339 e. The maximum absolute atomic E-state index is 12.7. The largest absolute Gasteiger partial charge is 0.339 e. The van der Waals surface area contributed by atoms with E-state index in [0.29, 0.717) is 27.3 Å². The lowest BCUT2D eigenvalue weighted by molar-refractivity contribution is -0.132. The number of nitrogens with zero attached hydrogens (tertiary/aromatic N) is 4. The third kappa shape index (κ3) is 4.18. The van der Waals surface area contributed by atoms with Gasteiger partial charge in [0.05, 0.1) is 17.6 Å². The third-order valence-corrected chi connectivity index (χ3v) is 6.35. The lowest BCUT2D eigenvalue weighted by Crippen LogP contribution is -2.44. The van der Waals surface area contributed by atoms with Gasteiger partial charge in [0.15, 0.2) is 10.8 Å². The molecule has 1 fully saturated rings. The molecule has 0 radical (unpaired) electrons. The van der Waals surface area contributed by atoms with E-state index in [1.54, 1.807) is 16.8 Å². The second kappa shape index (κ2) is 8.59. The molecule has 3 heterocycles. The van der Waals surface area contributed by atoms with Crippen molar-refractivity contribution in [3.63, 3.8) is 0 Å². The molecule has 1 saturated heterocycles. The van der Waals surface area contributed by atoms with Crippen LogP contribution in [0.2, 0.25) is 5.02 Å². The van der Waals surface area contributed by atoms with E-state index in [9.17, 15) is 9.59 Å². The number of likely N-dealkylation sites (tertiary alicyclic amines) is 1. The number of carbonyl (C=O) groups excluding carboxylic acids is 1. The van der Waals surface area contributed by atoms with E-state index in [1.165, 1.54) is 24.4 Å². The average molecular weight is 432 g/mol. The molecule has 1 unspecified atom stereocenters. The van der Waals surface area contributed by atoms with E-state index in [2.05, 4.69) is 22.0 Å². The van der Waals surface area contributed by atoms with Crippen LogP contribution in [0.25, 0.3) is 16.7 Å². The second-order valence-electron chi connectivity index (χ2n) is 7.07. The molecule has 1 atom stereocenters. The zero-order valence-electron chi connectivity index (χ0n) is 16.1. The molecule has 1 N–H and O–H groups in total. The minimum absolute atomic E-state index is 0.0931. The van der Waals surface area contributed by atoms with Crippen LogP contribution < -0.4 is 5.56 Å². The third-order valence-electron chi connectivity index (χ3n) is 5.24. The van der Waals surface area contributed by atoms with Crippen LogP contribution >= 0.6 is 23.4 Å². The summed E-state index contributed by atoms with van der Waals surface area (Å²) >= 11 is 7.21. The highest BCUT2D eigenvalue weighted by molar-refractivity contribution is 7.99. The molecule has 1 amide bonds. The van der Waals surface area contributed by atoms with Gasteiger partial charge in [0.2, 0.25) is 5.91 Å². The number of H-pyrrole nitrogens is 1. The maximum Gasteiger partial charge on any atom is 0.262 e. The van der Waals surface area contributed by atoms with Crippen molar-refractivity contribution < 1.29 is 4.79 Å². The fraction of sp³-hybridized carbons (Fsp3) is 0.400. The Bertz CT molecular complexity index is 1080. The van der Waals surface area contributed by atoms with Crippen molar-refractivity contribution in [2.75, 3.05) is 12.3 Å². The molecular formula is C20H22ClN5O2S. The van der Waals surface area contributed by atoms with Gasteiger partial charge in [0, 0.05) is 17.6 Å². The number of fused-ring (bicyclic) bond motifs is 1. The highest BCUT2D eigenvalue weighted by Gasteiger charge is 2.25. The summed E-state index contributed by atoms with van der Waals surface area (Å²) < 4.78 is 1.60. The van der Waals surface area contributed by atoms with Crippen LogP contribution in [0.15, 0.2) is 40.4 Å². The second-order valence-corrected chi connectivity index (χ2v) is 8.48. The molecule has 29 heavy (non-hydrogen) atoms. The van der Waals surface area contributed by atoms with Gasteiger partial charge < -0.3 is 9.88 Å². The summed E-state index contributed by atoms with van der Waals surface area (Å²) in [5, 5.41) is 5.73. The van der Waals surface area contributed by atoms with Crippen LogP contribution in [0.1, 0.15) is 32.6 Å². The van der Waals surface area contributed by atoms with Gasteiger partial charge in [-0.1, -0.05) is 30.3 Å². The summed E-state index contributed by atoms with van der Waals surface area (Å²) in [6.45, 7) is 2.93. The van der Waals surface area contributed by atoms with E-state index in [-0.39, 0.29) is 17.2 Å². The number of hydrogen-bond acceptors (Lipinski definition) is 5. The molecule has 2 aromatic heterocycles. The molecule has 0 bridgehead atoms. The van der Waals surface area contributed by atoms with Gasteiger partial charge in [-0.05, 0) is 49.9 Å². The highest BCUT2D eigenvalue weighted by Crippen LogP contribution is 2.23. The Labute approximate surface area is 177 Å². The molecule has 1 aliphatic rings. The van der Waals surface area contributed by atoms with Crippen molar-refractivity contribution in [1.29, 1.82) is 0 Å². The molecular weight excluding hydrogens is 410 g/mol. The zero-order valence-corrected chi connectivity index (χ0v) is 17.7. The molecule has 4 rings (SSSR count). The fourth-order valence-electron chi connectivity index (χ4n) is 3.70. The number of halogens is 1. The first-order valence-corrected chi connectivity index (χ1v) is 11.1. The van der Waals surface area contributed by atoms with Crippen molar-refractivity contribution in [1.82, 2.24) is 24.6 Å². The summed E-state index contributed by atoms with van der Waals surface area (Å²) in [7, 11) is 0. The summed E-state index contributed by atoms with van der Waals surface area (Å²) in [6.07, 6.45) is 5.75. The Morgan fingerprint density at radius 1 is 1.31 bits per heavy atom. The van der Waals surface area contributed by atoms with Gasteiger partial charge in [0.25, 0.3) is 5.56 Å². The normalized spacial score (nSPS) is 17.0. The summed E-state index contributed by atoms with van der Waals surface area (Å²) in [5.41, 5.74) is 0.943. The van der Waals surface area contributed by atoms with Crippen molar-refractivity contribution in [2.45, 2.75) is 43.8 Å². The number of rotatable bonds is 5. The molecule has 9 heteroatoms. The number of amides is 1. The number of aromatic nitrogens is 4. The van der Waals surface area contributed by atoms with Gasteiger partial charge in [-0.3, -0.25) is 9.59 Å². The van der Waals surface area contributed by atoms with Gasteiger partial charge in [-0.25, -0.2) is 9.67 Å². The number of piperidine rings is 1. The molecule has 152 valence electrons. The van der Waals surface area contributed by atoms with E-state index in [4.69, 9.17) is 11.6 Å². The van der Waals surface area contributed by atoms with E-state index < -0.39 is 0 Å². The molecule has 7 nitrogen and oxygen atoms in total. The molecule has 0 spiro atoms. The van der Waals surface area contributed by atoms with Crippen molar-refractivity contribution in [3.05, 3.63) is 45.8 Å². The molecule has 1 aromatic carbocycles.